The third-order valence-electron chi connectivity index (χ3n) is 3.81. The molecule has 2 aromatic carbocycles. The molecule has 0 aliphatic heterocycles. The average Bonchev–Trinajstić information content (AvgIpc) is 2.55. The fourth-order valence-electron chi connectivity index (χ4n) is 2.34. The van der Waals surface area contributed by atoms with Crippen LogP contribution in [0, 0.1) is 6.92 Å². The van der Waals surface area contributed by atoms with Crippen LogP contribution in [0.5, 0.6) is 5.75 Å². The lowest BCUT2D eigenvalue weighted by atomic mass is 9.90. The van der Waals surface area contributed by atoms with Crippen molar-refractivity contribution in [3.8, 4) is 5.75 Å². The van der Waals surface area contributed by atoms with Crippen molar-refractivity contribution in [1.29, 1.82) is 0 Å². The van der Waals surface area contributed by atoms with Gasteiger partial charge in [-0.05, 0) is 31.5 Å². The van der Waals surface area contributed by atoms with Gasteiger partial charge in [-0.15, -0.1) is 0 Å². The van der Waals surface area contributed by atoms with Gasteiger partial charge in [0.05, 0.1) is 12.7 Å². The highest BCUT2D eigenvalue weighted by molar-refractivity contribution is 6.01. The lowest BCUT2D eigenvalue weighted by molar-refractivity contribution is -0.123. The zero-order chi connectivity index (χ0) is 17.0. The molecule has 23 heavy (non-hydrogen) atoms. The Hall–Kier alpha value is -2.82. The Balaban J connectivity index is 2.40. The van der Waals surface area contributed by atoms with Gasteiger partial charge in [-0.2, -0.15) is 0 Å². The Morgan fingerprint density at radius 2 is 1.78 bits per heavy atom. The topological polar surface area (TPSA) is 81.4 Å². The Morgan fingerprint density at radius 3 is 2.35 bits per heavy atom. The first-order valence-electron chi connectivity index (χ1n) is 7.21. The van der Waals surface area contributed by atoms with E-state index in [4.69, 9.17) is 10.5 Å². The third-order valence-corrected chi connectivity index (χ3v) is 3.81. The molecule has 0 fully saturated rings. The van der Waals surface area contributed by atoms with E-state index in [0.717, 1.165) is 5.56 Å². The number of aryl methyl sites for hydroxylation is 1. The van der Waals surface area contributed by atoms with Crippen LogP contribution in [0.2, 0.25) is 0 Å². The molecule has 0 spiro atoms. The first-order chi connectivity index (χ1) is 10.9. The summed E-state index contributed by atoms with van der Waals surface area (Å²) >= 11 is 0. The van der Waals surface area contributed by atoms with Crippen LogP contribution in [0.25, 0.3) is 0 Å². The van der Waals surface area contributed by atoms with Gasteiger partial charge in [-0.25, -0.2) is 0 Å². The summed E-state index contributed by atoms with van der Waals surface area (Å²) < 4.78 is 5.23. The summed E-state index contributed by atoms with van der Waals surface area (Å²) in [7, 11) is 1.49. The third kappa shape index (κ3) is 3.34. The van der Waals surface area contributed by atoms with Crippen molar-refractivity contribution < 1.29 is 14.3 Å². The highest BCUT2D eigenvalue weighted by Crippen LogP contribution is 2.24. The normalized spacial score (nSPS) is 13.0. The molecule has 2 amide bonds. The van der Waals surface area contributed by atoms with Crippen molar-refractivity contribution in [2.75, 3.05) is 7.11 Å². The quantitative estimate of drug-likeness (QED) is 0.887. The average molecular weight is 312 g/mol. The minimum atomic E-state index is -1.31. The van der Waals surface area contributed by atoms with Crippen LogP contribution in [0.4, 0.5) is 0 Å². The smallest absolute Gasteiger partial charge is 0.256 e. The molecule has 5 nitrogen and oxygen atoms in total. The number of benzene rings is 2. The van der Waals surface area contributed by atoms with E-state index in [0.29, 0.717) is 16.9 Å². The lowest BCUT2D eigenvalue weighted by Gasteiger charge is -2.28. The van der Waals surface area contributed by atoms with Gasteiger partial charge >= 0.3 is 0 Å². The fraction of sp³-hybridized carbons (Fsp3) is 0.222. The first-order valence-corrected chi connectivity index (χ1v) is 7.21. The number of nitrogens with one attached hydrogen (secondary N) is 1. The molecule has 0 aromatic heterocycles. The fourth-order valence-corrected chi connectivity index (χ4v) is 2.34. The van der Waals surface area contributed by atoms with Crippen LogP contribution in [-0.2, 0) is 10.3 Å². The molecular weight excluding hydrogens is 292 g/mol. The molecule has 3 N–H and O–H groups in total. The molecule has 0 aliphatic rings. The van der Waals surface area contributed by atoms with Crippen molar-refractivity contribution in [2.45, 2.75) is 19.4 Å². The molecule has 0 bridgehead atoms. The van der Waals surface area contributed by atoms with Gasteiger partial charge in [0.1, 0.15) is 11.3 Å². The molecule has 0 saturated heterocycles. The molecule has 5 heteroatoms. The van der Waals surface area contributed by atoms with E-state index < -0.39 is 17.4 Å². The summed E-state index contributed by atoms with van der Waals surface area (Å²) in [5.74, 6) is -0.618. The maximum atomic E-state index is 12.7. The minimum absolute atomic E-state index is 0.357. The standard InChI is InChI=1S/C18H20N2O3/c1-12-9-10-15(23-3)14(11-12)16(21)20-18(2,17(19)22)13-7-5-4-6-8-13/h4-11H,1-3H3,(H2,19,22)(H,20,21)/t18-/m1/s1. The molecule has 0 heterocycles. The van der Waals surface area contributed by atoms with E-state index >= 15 is 0 Å². The summed E-state index contributed by atoms with van der Waals surface area (Å²) in [6, 6.07) is 14.2. The van der Waals surface area contributed by atoms with Crippen molar-refractivity contribution in [2.24, 2.45) is 5.73 Å². The second kappa shape index (κ2) is 6.52. The van der Waals surface area contributed by atoms with Crippen LogP contribution in [0.3, 0.4) is 0 Å². The van der Waals surface area contributed by atoms with Crippen LogP contribution in [-0.4, -0.2) is 18.9 Å². The van der Waals surface area contributed by atoms with Gasteiger partial charge in [-0.1, -0.05) is 42.0 Å². The molecule has 0 saturated carbocycles. The van der Waals surface area contributed by atoms with Gasteiger partial charge in [0.25, 0.3) is 5.91 Å². The minimum Gasteiger partial charge on any atom is -0.496 e. The van der Waals surface area contributed by atoms with Crippen LogP contribution in [0.15, 0.2) is 48.5 Å². The molecule has 2 rings (SSSR count). The van der Waals surface area contributed by atoms with E-state index in [1.54, 1.807) is 43.3 Å². The summed E-state index contributed by atoms with van der Waals surface area (Å²) in [4.78, 5) is 24.7. The number of primary amides is 1. The predicted molar refractivity (Wildman–Crippen MR) is 88.2 cm³/mol. The Morgan fingerprint density at radius 1 is 1.13 bits per heavy atom. The van der Waals surface area contributed by atoms with Crippen LogP contribution >= 0.6 is 0 Å². The number of ether oxygens (including phenoxy) is 1. The summed E-state index contributed by atoms with van der Waals surface area (Å²) in [5, 5.41) is 2.73. The molecule has 0 radical (unpaired) electrons. The number of carbonyl (C=O) groups is 2. The predicted octanol–water partition coefficient (Wildman–Crippen LogP) is 2.13. The molecule has 0 unspecified atom stereocenters. The van der Waals surface area contributed by atoms with E-state index in [-0.39, 0.29) is 0 Å². The van der Waals surface area contributed by atoms with Gasteiger partial charge in [0, 0.05) is 0 Å². The lowest BCUT2D eigenvalue weighted by Crippen LogP contribution is -2.52. The first kappa shape index (κ1) is 16.5. The molecule has 1 atom stereocenters. The molecular formula is C18H20N2O3. The van der Waals surface area contributed by atoms with Gasteiger partial charge in [-0.3, -0.25) is 9.59 Å². The number of methoxy groups -OCH3 is 1. The van der Waals surface area contributed by atoms with E-state index in [2.05, 4.69) is 5.32 Å². The number of hydrogen-bond acceptors (Lipinski definition) is 3. The van der Waals surface area contributed by atoms with Crippen LogP contribution in [0.1, 0.15) is 28.4 Å². The number of nitrogens with two attached hydrogens (primary N) is 1. The Labute approximate surface area is 135 Å². The van der Waals surface area contributed by atoms with Crippen molar-refractivity contribution in [1.82, 2.24) is 5.32 Å². The molecule has 2 aromatic rings. The van der Waals surface area contributed by atoms with E-state index in [1.807, 2.05) is 19.1 Å². The maximum Gasteiger partial charge on any atom is 0.256 e. The Kier molecular flexibility index (Phi) is 4.69. The number of rotatable bonds is 5. The van der Waals surface area contributed by atoms with Crippen molar-refractivity contribution in [3.63, 3.8) is 0 Å². The second-order valence-electron chi connectivity index (χ2n) is 5.51. The van der Waals surface area contributed by atoms with Gasteiger partial charge in [0.15, 0.2) is 0 Å². The summed E-state index contributed by atoms with van der Waals surface area (Å²) in [6.07, 6.45) is 0. The zero-order valence-electron chi connectivity index (χ0n) is 13.4. The van der Waals surface area contributed by atoms with Gasteiger partial charge in [0.2, 0.25) is 5.91 Å². The van der Waals surface area contributed by atoms with E-state index in [1.165, 1.54) is 7.11 Å². The zero-order valence-corrected chi connectivity index (χ0v) is 13.4. The second-order valence-corrected chi connectivity index (χ2v) is 5.51. The number of hydrogen-bond donors (Lipinski definition) is 2. The SMILES string of the molecule is COc1ccc(C)cc1C(=O)N[C@@](C)(C(N)=O)c1ccccc1. The summed E-state index contributed by atoms with van der Waals surface area (Å²) in [5.41, 5.74) is 6.12. The molecule has 0 aliphatic carbocycles. The van der Waals surface area contributed by atoms with Crippen molar-refractivity contribution >= 4 is 11.8 Å². The molecule has 120 valence electrons. The largest absolute Gasteiger partial charge is 0.496 e. The van der Waals surface area contributed by atoms with Crippen LogP contribution < -0.4 is 15.8 Å². The highest BCUT2D eigenvalue weighted by Gasteiger charge is 2.35. The monoisotopic (exact) mass is 312 g/mol. The number of carbonyl (C=O) groups excluding carboxylic acids is 2. The van der Waals surface area contributed by atoms with Gasteiger partial charge < -0.3 is 15.8 Å². The summed E-state index contributed by atoms with van der Waals surface area (Å²) in [6.45, 7) is 3.46. The number of amides is 2. The highest BCUT2D eigenvalue weighted by atomic mass is 16.5. The van der Waals surface area contributed by atoms with E-state index in [9.17, 15) is 9.59 Å². The van der Waals surface area contributed by atoms with Crippen molar-refractivity contribution in [3.05, 3.63) is 65.2 Å². The Bertz CT molecular complexity index is 728. The maximum absolute atomic E-state index is 12.7.